The van der Waals surface area contributed by atoms with Gasteiger partial charge < -0.3 is 0 Å². The first kappa shape index (κ1) is 16.5. The van der Waals surface area contributed by atoms with Crippen molar-refractivity contribution < 1.29 is 4.79 Å². The van der Waals surface area contributed by atoms with Crippen LogP contribution < -0.4 is 4.90 Å². The van der Waals surface area contributed by atoms with Crippen LogP contribution >= 0.6 is 22.9 Å². The number of thiophene rings is 1. The number of fused-ring (bicyclic) bond motifs is 3. The lowest BCUT2D eigenvalue weighted by atomic mass is 10.0. The first-order chi connectivity index (χ1) is 13.2. The van der Waals surface area contributed by atoms with Gasteiger partial charge in [-0.15, -0.1) is 11.3 Å². The summed E-state index contributed by atoms with van der Waals surface area (Å²) in [7, 11) is 0. The summed E-state index contributed by atoms with van der Waals surface area (Å²) in [6.07, 6.45) is 1.83. The summed E-state index contributed by atoms with van der Waals surface area (Å²) < 4.78 is 1.03. The zero-order chi connectivity index (χ0) is 18.4. The number of hydrogen-bond acceptors (Lipinski definition) is 2. The Morgan fingerprint density at radius 3 is 2.00 bits per heavy atom. The van der Waals surface area contributed by atoms with Crippen LogP contribution in [-0.2, 0) is 12.8 Å². The molecule has 3 aromatic carbocycles. The average Bonchev–Trinajstić information content (AvgIpc) is 2.95. The normalized spacial score (nSPS) is 13.1. The minimum Gasteiger partial charge on any atom is -0.276 e. The minimum absolute atomic E-state index is 0.0667. The van der Waals surface area contributed by atoms with Crippen molar-refractivity contribution >= 4 is 50.3 Å². The Kier molecular flexibility index (Phi) is 4.00. The molecule has 0 unspecified atom stereocenters. The number of para-hydroxylation sites is 2. The number of halogens is 1. The highest BCUT2D eigenvalue weighted by molar-refractivity contribution is 7.21. The van der Waals surface area contributed by atoms with Crippen molar-refractivity contribution in [2.24, 2.45) is 0 Å². The highest BCUT2D eigenvalue weighted by Crippen LogP contribution is 2.41. The summed E-state index contributed by atoms with van der Waals surface area (Å²) in [6, 6.07) is 24.2. The van der Waals surface area contributed by atoms with Crippen LogP contribution in [0.25, 0.3) is 10.1 Å². The molecule has 0 spiro atoms. The van der Waals surface area contributed by atoms with Gasteiger partial charge in [-0.2, -0.15) is 0 Å². The third-order valence-corrected chi connectivity index (χ3v) is 6.72. The SMILES string of the molecule is O=C(c1sc2ccccc2c1Cl)N1c2ccccc2CCc2ccccc21. The van der Waals surface area contributed by atoms with Gasteiger partial charge in [0.2, 0.25) is 0 Å². The molecule has 2 nitrogen and oxygen atoms in total. The molecule has 1 aliphatic heterocycles. The lowest BCUT2D eigenvalue weighted by molar-refractivity contribution is 0.100. The van der Waals surface area contributed by atoms with Crippen molar-refractivity contribution in [3.05, 3.63) is 93.8 Å². The van der Waals surface area contributed by atoms with Crippen LogP contribution in [0.15, 0.2) is 72.8 Å². The van der Waals surface area contributed by atoms with Crippen LogP contribution in [-0.4, -0.2) is 5.91 Å². The van der Waals surface area contributed by atoms with Crippen molar-refractivity contribution in [2.75, 3.05) is 4.90 Å². The Hall–Kier alpha value is -2.62. The van der Waals surface area contributed by atoms with Crippen molar-refractivity contribution in [3.63, 3.8) is 0 Å². The Morgan fingerprint density at radius 1 is 0.815 bits per heavy atom. The number of nitrogens with zero attached hydrogens (tertiary/aromatic N) is 1. The molecule has 0 radical (unpaired) electrons. The molecular weight excluding hydrogens is 374 g/mol. The first-order valence-electron chi connectivity index (χ1n) is 8.91. The molecule has 0 aliphatic carbocycles. The molecule has 2 heterocycles. The summed E-state index contributed by atoms with van der Waals surface area (Å²) in [5.41, 5.74) is 4.25. The fraction of sp³-hybridized carbons (Fsp3) is 0.0870. The molecule has 0 atom stereocenters. The quantitative estimate of drug-likeness (QED) is 0.357. The zero-order valence-electron chi connectivity index (χ0n) is 14.5. The number of amides is 1. The summed E-state index contributed by atoms with van der Waals surface area (Å²) in [5.74, 6) is -0.0667. The first-order valence-corrected chi connectivity index (χ1v) is 10.1. The van der Waals surface area contributed by atoms with E-state index in [0.29, 0.717) is 9.90 Å². The maximum atomic E-state index is 13.7. The van der Waals surface area contributed by atoms with E-state index >= 15 is 0 Å². The predicted octanol–water partition coefficient (Wildman–Crippen LogP) is 6.63. The standard InChI is InChI=1S/C23H16ClNOS/c24-21-17-9-3-6-12-20(17)27-22(21)23(26)25-18-10-4-1-7-15(18)13-14-16-8-2-5-11-19(16)25/h1-12H,13-14H2. The van der Waals surface area contributed by atoms with Crippen LogP contribution in [0.5, 0.6) is 0 Å². The van der Waals surface area contributed by atoms with Gasteiger partial charge in [-0.25, -0.2) is 0 Å². The largest absolute Gasteiger partial charge is 0.276 e. The third-order valence-electron chi connectivity index (χ3n) is 5.06. The molecule has 4 aromatic rings. The van der Waals surface area contributed by atoms with E-state index in [-0.39, 0.29) is 5.91 Å². The van der Waals surface area contributed by atoms with Gasteiger partial charge in [-0.3, -0.25) is 9.69 Å². The smallest absolute Gasteiger partial charge is 0.274 e. The minimum atomic E-state index is -0.0667. The van der Waals surface area contributed by atoms with Crippen molar-refractivity contribution in [3.8, 4) is 0 Å². The van der Waals surface area contributed by atoms with E-state index in [9.17, 15) is 4.79 Å². The summed E-state index contributed by atoms with van der Waals surface area (Å²) in [5, 5.41) is 1.48. The van der Waals surface area contributed by atoms with Gasteiger partial charge in [-0.1, -0.05) is 66.2 Å². The molecule has 0 saturated carbocycles. The van der Waals surface area contributed by atoms with E-state index in [2.05, 4.69) is 12.1 Å². The van der Waals surface area contributed by atoms with Crippen LogP contribution in [0.4, 0.5) is 11.4 Å². The predicted molar refractivity (Wildman–Crippen MR) is 114 cm³/mol. The fourth-order valence-corrected chi connectivity index (χ4v) is 5.19. The molecule has 1 amide bonds. The molecule has 1 aliphatic rings. The van der Waals surface area contributed by atoms with E-state index in [0.717, 1.165) is 34.3 Å². The van der Waals surface area contributed by atoms with Gasteiger partial charge in [0.05, 0.1) is 16.4 Å². The number of aryl methyl sites for hydroxylation is 2. The van der Waals surface area contributed by atoms with Gasteiger partial charge >= 0.3 is 0 Å². The van der Waals surface area contributed by atoms with Crippen LogP contribution in [0.3, 0.4) is 0 Å². The van der Waals surface area contributed by atoms with E-state index in [4.69, 9.17) is 11.6 Å². The fourth-order valence-electron chi connectivity index (χ4n) is 3.75. The van der Waals surface area contributed by atoms with E-state index in [1.54, 1.807) is 0 Å². The molecule has 5 rings (SSSR count). The number of rotatable bonds is 1. The van der Waals surface area contributed by atoms with Crippen LogP contribution in [0.2, 0.25) is 5.02 Å². The van der Waals surface area contributed by atoms with Gasteiger partial charge in [0.1, 0.15) is 4.88 Å². The Bertz CT molecular complexity index is 1130. The zero-order valence-corrected chi connectivity index (χ0v) is 16.1. The van der Waals surface area contributed by atoms with E-state index < -0.39 is 0 Å². The van der Waals surface area contributed by atoms with E-state index in [1.165, 1.54) is 22.5 Å². The maximum absolute atomic E-state index is 13.7. The molecule has 4 heteroatoms. The molecule has 0 fully saturated rings. The number of benzene rings is 3. The van der Waals surface area contributed by atoms with Crippen molar-refractivity contribution in [1.82, 2.24) is 0 Å². The second-order valence-electron chi connectivity index (χ2n) is 6.64. The second-order valence-corrected chi connectivity index (χ2v) is 8.07. The average molecular weight is 390 g/mol. The molecule has 0 saturated heterocycles. The highest BCUT2D eigenvalue weighted by atomic mass is 35.5. The molecule has 27 heavy (non-hydrogen) atoms. The monoisotopic (exact) mass is 389 g/mol. The number of carbonyl (C=O) groups is 1. The maximum Gasteiger partial charge on any atom is 0.274 e. The van der Waals surface area contributed by atoms with Crippen LogP contribution in [0, 0.1) is 0 Å². The summed E-state index contributed by atoms with van der Waals surface area (Å²) in [4.78, 5) is 16.1. The van der Waals surface area contributed by atoms with E-state index in [1.807, 2.05) is 65.6 Å². The number of hydrogen-bond donors (Lipinski definition) is 0. The third kappa shape index (κ3) is 2.66. The summed E-state index contributed by atoms with van der Waals surface area (Å²) >= 11 is 8.09. The highest BCUT2D eigenvalue weighted by Gasteiger charge is 2.29. The molecule has 0 bridgehead atoms. The molecular formula is C23H16ClNOS. The second kappa shape index (κ2) is 6.52. The molecule has 132 valence electrons. The van der Waals surface area contributed by atoms with Crippen molar-refractivity contribution in [1.29, 1.82) is 0 Å². The Balaban J connectivity index is 1.73. The van der Waals surface area contributed by atoms with Gasteiger partial charge in [0, 0.05) is 10.1 Å². The van der Waals surface area contributed by atoms with Gasteiger partial charge in [-0.05, 0) is 42.2 Å². The van der Waals surface area contributed by atoms with Gasteiger partial charge in [0.25, 0.3) is 5.91 Å². The van der Waals surface area contributed by atoms with Crippen molar-refractivity contribution in [2.45, 2.75) is 12.8 Å². The Labute approximate surface area is 166 Å². The molecule has 1 aromatic heterocycles. The number of carbonyl (C=O) groups excluding carboxylic acids is 1. The number of anilines is 2. The lowest BCUT2D eigenvalue weighted by Crippen LogP contribution is -2.26. The summed E-state index contributed by atoms with van der Waals surface area (Å²) in [6.45, 7) is 0. The van der Waals surface area contributed by atoms with Gasteiger partial charge in [0.15, 0.2) is 0 Å². The molecule has 0 N–H and O–H groups in total. The topological polar surface area (TPSA) is 20.3 Å². The van der Waals surface area contributed by atoms with Crippen LogP contribution in [0.1, 0.15) is 20.8 Å². The Morgan fingerprint density at radius 2 is 1.37 bits per heavy atom. The lowest BCUT2D eigenvalue weighted by Gasteiger charge is -2.24.